The molecule has 0 radical (unpaired) electrons. The van der Waals surface area contributed by atoms with Crippen molar-refractivity contribution in [2.24, 2.45) is 13.0 Å². The van der Waals surface area contributed by atoms with E-state index in [9.17, 15) is 0 Å². The minimum atomic E-state index is 1.00. The lowest BCUT2D eigenvalue weighted by atomic mass is 10.0. The van der Waals surface area contributed by atoms with Crippen LogP contribution in [0.25, 0.3) is 0 Å². The first kappa shape index (κ1) is 10.5. The number of hydrogen-bond acceptors (Lipinski definition) is 2. The molecule has 3 heteroatoms. The summed E-state index contributed by atoms with van der Waals surface area (Å²) in [7, 11) is 1.95. The summed E-state index contributed by atoms with van der Waals surface area (Å²) >= 11 is 0. The van der Waals surface area contributed by atoms with E-state index < -0.39 is 0 Å². The van der Waals surface area contributed by atoms with Crippen molar-refractivity contribution < 1.29 is 0 Å². The molecule has 0 aromatic carbocycles. The van der Waals surface area contributed by atoms with E-state index in [0.717, 1.165) is 18.3 Å². The van der Waals surface area contributed by atoms with Gasteiger partial charge in [-0.25, -0.2) is 0 Å². The number of anilines is 1. The van der Waals surface area contributed by atoms with Crippen LogP contribution in [0, 0.1) is 5.92 Å². The Morgan fingerprint density at radius 2 is 2.27 bits per heavy atom. The summed E-state index contributed by atoms with van der Waals surface area (Å²) in [5, 5.41) is 7.64. The molecule has 0 aliphatic heterocycles. The standard InChI is InChI=1S/C12H21N3/c1-15-10-8-12(14-15)13-9-4-7-11-5-2-3-6-11/h8,10-11H,2-7,9H2,1H3,(H,13,14). The second kappa shape index (κ2) is 5.19. The molecule has 1 aliphatic carbocycles. The van der Waals surface area contributed by atoms with E-state index in [0.29, 0.717) is 0 Å². The van der Waals surface area contributed by atoms with Crippen LogP contribution >= 0.6 is 0 Å². The van der Waals surface area contributed by atoms with Gasteiger partial charge in [-0.1, -0.05) is 25.7 Å². The average molecular weight is 207 g/mol. The molecular formula is C12H21N3. The van der Waals surface area contributed by atoms with Crippen LogP contribution in [0.15, 0.2) is 12.3 Å². The second-order valence-corrected chi connectivity index (χ2v) is 4.59. The average Bonchev–Trinajstić information content (AvgIpc) is 2.84. The van der Waals surface area contributed by atoms with Gasteiger partial charge in [-0.05, 0) is 18.8 Å². The molecule has 0 atom stereocenters. The van der Waals surface area contributed by atoms with E-state index >= 15 is 0 Å². The highest BCUT2D eigenvalue weighted by Crippen LogP contribution is 2.28. The highest BCUT2D eigenvalue weighted by molar-refractivity contribution is 5.31. The van der Waals surface area contributed by atoms with Gasteiger partial charge in [-0.3, -0.25) is 4.68 Å². The molecule has 15 heavy (non-hydrogen) atoms. The molecule has 1 aromatic heterocycles. The van der Waals surface area contributed by atoms with Gasteiger partial charge < -0.3 is 5.32 Å². The van der Waals surface area contributed by atoms with E-state index in [-0.39, 0.29) is 0 Å². The second-order valence-electron chi connectivity index (χ2n) is 4.59. The number of nitrogens with zero attached hydrogens (tertiary/aromatic N) is 2. The van der Waals surface area contributed by atoms with Gasteiger partial charge in [-0.2, -0.15) is 5.10 Å². The van der Waals surface area contributed by atoms with Crippen LogP contribution in [0.3, 0.4) is 0 Å². The number of aryl methyl sites for hydroxylation is 1. The highest BCUT2D eigenvalue weighted by atomic mass is 15.3. The zero-order valence-corrected chi connectivity index (χ0v) is 9.58. The first-order valence-electron chi connectivity index (χ1n) is 6.08. The summed E-state index contributed by atoms with van der Waals surface area (Å²) in [4.78, 5) is 0. The van der Waals surface area contributed by atoms with Gasteiger partial charge in [0.25, 0.3) is 0 Å². The van der Waals surface area contributed by atoms with E-state index in [1.807, 2.05) is 24.0 Å². The van der Waals surface area contributed by atoms with Crippen molar-refractivity contribution in [3.63, 3.8) is 0 Å². The Morgan fingerprint density at radius 3 is 2.93 bits per heavy atom. The molecule has 0 unspecified atom stereocenters. The van der Waals surface area contributed by atoms with Gasteiger partial charge in [0.05, 0.1) is 0 Å². The van der Waals surface area contributed by atoms with Crippen molar-refractivity contribution in [2.45, 2.75) is 38.5 Å². The number of aromatic nitrogens is 2. The predicted molar refractivity (Wildman–Crippen MR) is 62.9 cm³/mol. The molecule has 0 spiro atoms. The Balaban J connectivity index is 1.58. The molecular weight excluding hydrogens is 186 g/mol. The Hall–Kier alpha value is -0.990. The minimum Gasteiger partial charge on any atom is -0.369 e. The lowest BCUT2D eigenvalue weighted by Gasteiger charge is -2.08. The molecule has 2 rings (SSSR count). The van der Waals surface area contributed by atoms with E-state index in [1.165, 1.54) is 38.5 Å². The van der Waals surface area contributed by atoms with Crippen molar-refractivity contribution in [1.82, 2.24) is 9.78 Å². The maximum atomic E-state index is 4.29. The predicted octanol–water partition coefficient (Wildman–Crippen LogP) is 2.80. The van der Waals surface area contributed by atoms with Gasteiger partial charge in [0.15, 0.2) is 0 Å². The Labute approximate surface area is 91.9 Å². The summed E-state index contributed by atoms with van der Waals surface area (Å²) < 4.78 is 1.83. The fourth-order valence-electron chi connectivity index (χ4n) is 2.42. The van der Waals surface area contributed by atoms with Crippen LogP contribution in [-0.2, 0) is 7.05 Å². The maximum Gasteiger partial charge on any atom is 0.147 e. The van der Waals surface area contributed by atoms with Crippen LogP contribution in [0.4, 0.5) is 5.82 Å². The Morgan fingerprint density at radius 1 is 1.47 bits per heavy atom. The fraction of sp³-hybridized carbons (Fsp3) is 0.750. The molecule has 1 saturated carbocycles. The number of nitrogens with one attached hydrogen (secondary N) is 1. The lowest BCUT2D eigenvalue weighted by Crippen LogP contribution is -2.05. The van der Waals surface area contributed by atoms with Crippen LogP contribution in [-0.4, -0.2) is 16.3 Å². The summed E-state index contributed by atoms with van der Waals surface area (Å²) in [5.74, 6) is 2.01. The summed E-state index contributed by atoms with van der Waals surface area (Å²) in [6.07, 6.45) is 10.5. The molecule has 1 heterocycles. The number of hydrogen-bond donors (Lipinski definition) is 1. The van der Waals surface area contributed by atoms with E-state index in [4.69, 9.17) is 0 Å². The summed E-state index contributed by atoms with van der Waals surface area (Å²) in [5.41, 5.74) is 0. The van der Waals surface area contributed by atoms with Crippen LogP contribution in [0.2, 0.25) is 0 Å². The van der Waals surface area contributed by atoms with Crippen molar-refractivity contribution in [1.29, 1.82) is 0 Å². The molecule has 1 N–H and O–H groups in total. The van der Waals surface area contributed by atoms with Crippen molar-refractivity contribution in [2.75, 3.05) is 11.9 Å². The first-order chi connectivity index (χ1) is 7.34. The smallest absolute Gasteiger partial charge is 0.147 e. The Kier molecular flexibility index (Phi) is 3.64. The van der Waals surface area contributed by atoms with Crippen LogP contribution < -0.4 is 5.32 Å². The fourth-order valence-corrected chi connectivity index (χ4v) is 2.42. The van der Waals surface area contributed by atoms with Gasteiger partial charge in [0.1, 0.15) is 5.82 Å². The summed E-state index contributed by atoms with van der Waals surface area (Å²) in [6, 6.07) is 2.02. The van der Waals surface area contributed by atoms with Gasteiger partial charge in [0, 0.05) is 25.9 Å². The molecule has 0 bridgehead atoms. The number of rotatable bonds is 5. The SMILES string of the molecule is Cn1ccc(NCCCC2CCCC2)n1. The Bertz CT molecular complexity index is 287. The largest absolute Gasteiger partial charge is 0.369 e. The normalized spacial score (nSPS) is 17.1. The molecule has 1 fully saturated rings. The zero-order valence-electron chi connectivity index (χ0n) is 9.58. The third-order valence-electron chi connectivity index (χ3n) is 3.28. The van der Waals surface area contributed by atoms with E-state index in [2.05, 4.69) is 10.4 Å². The van der Waals surface area contributed by atoms with Crippen LogP contribution in [0.5, 0.6) is 0 Å². The molecule has 1 aliphatic rings. The first-order valence-corrected chi connectivity index (χ1v) is 6.08. The van der Waals surface area contributed by atoms with Gasteiger partial charge in [-0.15, -0.1) is 0 Å². The third kappa shape index (κ3) is 3.26. The van der Waals surface area contributed by atoms with Gasteiger partial charge in [0.2, 0.25) is 0 Å². The zero-order chi connectivity index (χ0) is 10.5. The topological polar surface area (TPSA) is 29.9 Å². The minimum absolute atomic E-state index is 1.00. The third-order valence-corrected chi connectivity index (χ3v) is 3.28. The molecule has 1 aromatic rings. The highest BCUT2D eigenvalue weighted by Gasteiger charge is 2.13. The van der Waals surface area contributed by atoms with Crippen molar-refractivity contribution in [3.8, 4) is 0 Å². The summed E-state index contributed by atoms with van der Waals surface area (Å²) in [6.45, 7) is 1.06. The maximum absolute atomic E-state index is 4.29. The molecule has 0 amide bonds. The quantitative estimate of drug-likeness (QED) is 0.752. The molecule has 0 saturated heterocycles. The molecule has 84 valence electrons. The van der Waals surface area contributed by atoms with Crippen molar-refractivity contribution >= 4 is 5.82 Å². The molecule has 3 nitrogen and oxygen atoms in total. The van der Waals surface area contributed by atoms with Crippen LogP contribution in [0.1, 0.15) is 38.5 Å². The monoisotopic (exact) mass is 207 g/mol. The van der Waals surface area contributed by atoms with Gasteiger partial charge >= 0.3 is 0 Å². The van der Waals surface area contributed by atoms with Crippen molar-refractivity contribution in [3.05, 3.63) is 12.3 Å². The van der Waals surface area contributed by atoms with E-state index in [1.54, 1.807) is 0 Å². The lowest BCUT2D eigenvalue weighted by molar-refractivity contribution is 0.491.